The molecule has 0 fully saturated rings. The summed E-state index contributed by atoms with van der Waals surface area (Å²) in [4.78, 5) is 39.8. The van der Waals surface area contributed by atoms with Crippen LogP contribution in [0.25, 0.3) is 0 Å². The van der Waals surface area contributed by atoms with Gasteiger partial charge in [-0.15, -0.1) is 0 Å². The third kappa shape index (κ3) is 27.0. The summed E-state index contributed by atoms with van der Waals surface area (Å²) in [5.74, 6) is 0. The molecule has 0 aromatic carbocycles. The minimum atomic E-state index is -5.98. The Morgan fingerprint density at radius 3 is 1.21 bits per heavy atom. The molecule has 0 heterocycles. The van der Waals surface area contributed by atoms with E-state index in [1.807, 2.05) is 0 Å². The van der Waals surface area contributed by atoms with Crippen LogP contribution in [-0.4, -0.2) is 194 Å². The molecule has 1 N–H and O–H groups in total. The number of hydrogen-bond acceptors (Lipinski definition) is 11. The topological polar surface area (TPSA) is 191 Å². The molecule has 0 amide bonds. The molecule has 0 rings (SSSR count). The first-order valence-corrected chi connectivity index (χ1v) is 6.76. The van der Waals surface area contributed by atoms with Crippen LogP contribution in [0, 0.1) is 0 Å². The van der Waals surface area contributed by atoms with Gasteiger partial charge in [-0.05, 0) is 0 Å². The largest absolute Gasteiger partial charge is 2.00 e. The van der Waals surface area contributed by atoms with Gasteiger partial charge in [0.05, 0.1) is 7.82 Å². The van der Waals surface area contributed by atoms with Gasteiger partial charge < -0.3 is 24.1 Å². The predicted molar refractivity (Wildman–Crippen MR) is 57.5 cm³/mol. The summed E-state index contributed by atoms with van der Waals surface area (Å²) in [6.07, 6.45) is 0. The molecule has 11 nitrogen and oxygen atoms in total. The maximum Gasteiger partial charge on any atom is 2.00 e. The molecule has 19 heteroatoms. The summed E-state index contributed by atoms with van der Waals surface area (Å²) in [5, 5.41) is 7.51. The Labute approximate surface area is 257 Å². The first kappa shape index (κ1) is 40.4. The summed E-state index contributed by atoms with van der Waals surface area (Å²) >= 11 is 0. The van der Waals surface area contributed by atoms with E-state index in [9.17, 15) is 33.3 Å². The van der Waals surface area contributed by atoms with E-state index in [1.54, 1.807) is 0 Å². The SMILES string of the molecule is O=P([O-])([O-])OP(=O)([O-])OP(=O)([O-])OO.[Ca+2].[Ca+2].[Ca+2].[Ca+2].[Ca+2]. The van der Waals surface area contributed by atoms with Crippen molar-refractivity contribution < 1.29 is 51.8 Å². The Bertz CT molecular complexity index is 335. The summed E-state index contributed by atoms with van der Waals surface area (Å²) in [5.41, 5.74) is 0. The first-order valence-electron chi connectivity index (χ1n) is 2.37. The fourth-order valence-electron chi connectivity index (χ4n) is 0.275. The number of hydrogen-bond donors (Lipinski definition) is 1. The summed E-state index contributed by atoms with van der Waals surface area (Å²) in [6, 6.07) is 0. The van der Waals surface area contributed by atoms with Crippen LogP contribution in [-0.2, 0) is 27.0 Å². The van der Waals surface area contributed by atoms with Gasteiger partial charge in [0.2, 0.25) is 0 Å². The molecule has 0 aliphatic carbocycles. The van der Waals surface area contributed by atoms with Gasteiger partial charge in [-0.25, -0.2) is 9.57 Å². The zero-order valence-electron chi connectivity index (χ0n) is 9.41. The van der Waals surface area contributed by atoms with Crippen molar-refractivity contribution in [3.05, 3.63) is 0 Å². The van der Waals surface area contributed by atoms with Crippen molar-refractivity contribution in [2.45, 2.75) is 0 Å². The van der Waals surface area contributed by atoms with Crippen LogP contribution in [0.3, 0.4) is 0 Å². The fourth-order valence-corrected chi connectivity index (χ4v) is 2.74. The standard InChI is InChI=1S/5Ca.H5O11P3/c;;;;;1-9-13(5,6)11-14(7,8)10-12(2,3)4/h;;;;;1H,(H,5,6)(H,7,8)(H2,2,3,4)/q5*+2;/p-4. The first-order chi connectivity index (χ1) is 5.97. The molecule has 0 bridgehead atoms. The molecular weight excluding hydrogens is 469 g/mol. The van der Waals surface area contributed by atoms with Crippen molar-refractivity contribution >= 4 is 212 Å². The molecular formula is HCa5O11P3+6. The van der Waals surface area contributed by atoms with E-state index in [0.29, 0.717) is 0 Å². The molecule has 19 heavy (non-hydrogen) atoms. The van der Waals surface area contributed by atoms with Crippen molar-refractivity contribution in [2.75, 3.05) is 0 Å². The second kappa shape index (κ2) is 18.1. The normalized spacial score (nSPS) is 15.6. The van der Waals surface area contributed by atoms with Gasteiger partial charge in [-0.1, -0.05) is 0 Å². The molecule has 2 unspecified atom stereocenters. The second-order valence-electron chi connectivity index (χ2n) is 1.59. The van der Waals surface area contributed by atoms with Gasteiger partial charge >= 0.3 is 197 Å². The predicted octanol–water partition coefficient (Wildman–Crippen LogP) is -4.63. The van der Waals surface area contributed by atoms with Gasteiger partial charge in [-0.3, -0.25) is 13.4 Å². The van der Waals surface area contributed by atoms with Crippen LogP contribution >= 0.6 is 23.5 Å². The number of phosphoric acid groups is 3. The van der Waals surface area contributed by atoms with E-state index in [2.05, 4.69) is 13.3 Å². The van der Waals surface area contributed by atoms with E-state index in [-0.39, 0.29) is 189 Å². The maximum atomic E-state index is 10.3. The van der Waals surface area contributed by atoms with Gasteiger partial charge in [0, 0.05) is 0 Å². The zero-order chi connectivity index (χ0) is 11.6. The average Bonchev–Trinajstić information content (AvgIpc) is 1.78. The summed E-state index contributed by atoms with van der Waals surface area (Å²) in [6.45, 7) is 0. The van der Waals surface area contributed by atoms with Crippen LogP contribution in [0.2, 0.25) is 0 Å². The monoisotopic (exact) mass is 470 g/mol. The van der Waals surface area contributed by atoms with Crippen molar-refractivity contribution in [3.63, 3.8) is 0 Å². The van der Waals surface area contributed by atoms with Crippen LogP contribution in [0.15, 0.2) is 0 Å². The maximum absolute atomic E-state index is 10.3. The van der Waals surface area contributed by atoms with Gasteiger partial charge in [0.15, 0.2) is 0 Å². The Hall–Kier alpha value is 6.67. The van der Waals surface area contributed by atoms with Crippen molar-refractivity contribution in [2.24, 2.45) is 0 Å². The van der Waals surface area contributed by atoms with Crippen molar-refractivity contribution in [1.29, 1.82) is 0 Å². The second-order valence-corrected chi connectivity index (χ2v) is 5.74. The molecule has 0 aliphatic rings. The van der Waals surface area contributed by atoms with Crippen LogP contribution < -0.4 is 19.6 Å². The minimum Gasteiger partial charge on any atom is -0.790 e. The minimum absolute atomic E-state index is 0. The summed E-state index contributed by atoms with van der Waals surface area (Å²) < 4.78 is 38.2. The van der Waals surface area contributed by atoms with E-state index >= 15 is 0 Å². The van der Waals surface area contributed by atoms with Crippen LogP contribution in [0.4, 0.5) is 0 Å². The summed E-state index contributed by atoms with van der Waals surface area (Å²) in [7, 11) is -17.6. The van der Waals surface area contributed by atoms with E-state index in [4.69, 9.17) is 5.26 Å². The Kier molecular flexibility index (Phi) is 38.4. The van der Waals surface area contributed by atoms with Crippen LogP contribution in [0.1, 0.15) is 0 Å². The molecule has 0 aromatic rings. The van der Waals surface area contributed by atoms with Crippen molar-refractivity contribution in [1.82, 2.24) is 0 Å². The smallest absolute Gasteiger partial charge is 0.790 e. The Balaban J connectivity index is -0.0000000845. The Morgan fingerprint density at radius 1 is 0.684 bits per heavy atom. The average molecular weight is 470 g/mol. The molecule has 0 radical (unpaired) electrons. The van der Waals surface area contributed by atoms with Gasteiger partial charge in [0.25, 0.3) is 7.82 Å². The van der Waals surface area contributed by atoms with Crippen LogP contribution in [0.5, 0.6) is 0 Å². The van der Waals surface area contributed by atoms with E-state index < -0.39 is 23.5 Å². The fraction of sp³-hybridized carbons (Fsp3) is 0. The molecule has 0 aromatic heterocycles. The molecule has 0 saturated heterocycles. The molecule has 0 spiro atoms. The van der Waals surface area contributed by atoms with Gasteiger partial charge in [-0.2, -0.15) is 4.67 Å². The Morgan fingerprint density at radius 2 is 1.00 bits per heavy atom. The zero-order valence-corrected chi connectivity index (χ0v) is 23.1. The molecule has 0 saturated carbocycles. The quantitative estimate of drug-likeness (QED) is 0.176. The van der Waals surface area contributed by atoms with E-state index in [1.165, 1.54) is 0 Å². The third-order valence-corrected chi connectivity index (χ3v) is 3.90. The molecule has 86 valence electrons. The number of rotatable bonds is 5. The third-order valence-electron chi connectivity index (χ3n) is 0.500. The van der Waals surface area contributed by atoms with Crippen molar-refractivity contribution in [3.8, 4) is 0 Å². The van der Waals surface area contributed by atoms with Gasteiger partial charge in [0.1, 0.15) is 0 Å². The molecule has 2 atom stereocenters. The molecule has 0 aliphatic heterocycles. The van der Waals surface area contributed by atoms with E-state index in [0.717, 1.165) is 0 Å².